The lowest BCUT2D eigenvalue weighted by atomic mass is 9.83. The summed E-state index contributed by atoms with van der Waals surface area (Å²) in [5, 5.41) is 0. The Morgan fingerprint density at radius 3 is 2.69 bits per heavy atom. The van der Waals surface area contributed by atoms with Gasteiger partial charge in [0, 0.05) is 12.1 Å². The predicted molar refractivity (Wildman–Crippen MR) is 60.0 cm³/mol. The van der Waals surface area contributed by atoms with Crippen LogP contribution in [0.15, 0.2) is 12.1 Å². The molecular weight excluding hydrogens is 208 g/mol. The summed E-state index contributed by atoms with van der Waals surface area (Å²) in [6.45, 7) is 4.24. The molecule has 2 N–H and O–H groups in total. The average molecular weight is 225 g/mol. The molecule has 0 saturated carbocycles. The van der Waals surface area contributed by atoms with E-state index in [-0.39, 0.29) is 11.5 Å². The minimum Gasteiger partial charge on any atom is -0.324 e. The highest BCUT2D eigenvalue weighted by Crippen LogP contribution is 2.39. The number of fused-ring (bicyclic) bond motifs is 1. The summed E-state index contributed by atoms with van der Waals surface area (Å²) in [6.07, 6.45) is 2.29. The van der Waals surface area contributed by atoms with Crippen LogP contribution >= 0.6 is 0 Å². The van der Waals surface area contributed by atoms with Gasteiger partial charge in [-0.15, -0.1) is 0 Å². The largest absolute Gasteiger partial charge is 0.324 e. The first-order valence-corrected chi connectivity index (χ1v) is 5.62. The second-order valence-electron chi connectivity index (χ2n) is 5.43. The second-order valence-corrected chi connectivity index (χ2v) is 5.43. The molecule has 1 nitrogen and oxygen atoms in total. The molecule has 2 rings (SSSR count). The zero-order chi connectivity index (χ0) is 11.9. The average Bonchev–Trinajstić information content (AvgIpc) is 2.23. The Kier molecular flexibility index (Phi) is 2.74. The fourth-order valence-electron chi connectivity index (χ4n) is 2.49. The molecule has 0 bridgehead atoms. The van der Waals surface area contributed by atoms with Crippen LogP contribution in [-0.2, 0) is 6.42 Å². The van der Waals surface area contributed by atoms with Crippen molar-refractivity contribution >= 4 is 0 Å². The van der Waals surface area contributed by atoms with Crippen molar-refractivity contribution in [3.63, 3.8) is 0 Å². The molecule has 0 aliphatic heterocycles. The van der Waals surface area contributed by atoms with E-state index in [9.17, 15) is 8.78 Å². The van der Waals surface area contributed by atoms with E-state index in [4.69, 9.17) is 5.73 Å². The maximum Gasteiger partial charge on any atom is 0.129 e. The number of nitrogens with two attached hydrogens (primary N) is 1. The van der Waals surface area contributed by atoms with Gasteiger partial charge in [0.25, 0.3) is 0 Å². The van der Waals surface area contributed by atoms with Gasteiger partial charge in [0.15, 0.2) is 0 Å². The predicted octanol–water partition coefficient (Wildman–Crippen LogP) is 3.33. The van der Waals surface area contributed by atoms with E-state index >= 15 is 0 Å². The Bertz CT molecular complexity index is 413. The lowest BCUT2D eigenvalue weighted by molar-refractivity contribution is 0.293. The number of benzene rings is 1. The van der Waals surface area contributed by atoms with E-state index in [2.05, 4.69) is 13.8 Å². The fourth-order valence-corrected chi connectivity index (χ4v) is 2.49. The van der Waals surface area contributed by atoms with Gasteiger partial charge in [-0.1, -0.05) is 13.8 Å². The van der Waals surface area contributed by atoms with E-state index in [0.717, 1.165) is 18.9 Å². The van der Waals surface area contributed by atoms with Crippen LogP contribution in [0.1, 0.15) is 43.9 Å². The molecule has 3 heteroatoms. The Labute approximate surface area is 94.7 Å². The fraction of sp³-hybridized carbons (Fsp3) is 0.538. The summed E-state index contributed by atoms with van der Waals surface area (Å²) in [4.78, 5) is 0. The van der Waals surface area contributed by atoms with Crippen molar-refractivity contribution < 1.29 is 8.78 Å². The SMILES string of the molecule is CC1(C)CCc2c(F)cc(F)cc2C(N)C1. The maximum atomic E-state index is 13.6. The molecule has 1 atom stereocenters. The second kappa shape index (κ2) is 3.81. The van der Waals surface area contributed by atoms with Crippen molar-refractivity contribution in [3.05, 3.63) is 34.9 Å². The standard InChI is InChI=1S/C13H17F2N/c1-13(2)4-3-9-10(12(16)7-13)5-8(14)6-11(9)15/h5-6,12H,3-4,7,16H2,1-2H3. The Morgan fingerprint density at radius 1 is 1.31 bits per heavy atom. The van der Waals surface area contributed by atoms with E-state index in [0.29, 0.717) is 17.5 Å². The monoisotopic (exact) mass is 225 g/mol. The summed E-state index contributed by atoms with van der Waals surface area (Å²) in [6, 6.07) is 2.06. The topological polar surface area (TPSA) is 26.0 Å². The molecule has 0 saturated heterocycles. The normalized spacial score (nSPS) is 23.7. The molecule has 1 aromatic carbocycles. The van der Waals surface area contributed by atoms with Crippen molar-refractivity contribution in [1.82, 2.24) is 0 Å². The van der Waals surface area contributed by atoms with Crippen LogP contribution in [0, 0.1) is 17.0 Å². The van der Waals surface area contributed by atoms with Crippen LogP contribution < -0.4 is 5.73 Å². The molecule has 0 fully saturated rings. The van der Waals surface area contributed by atoms with Gasteiger partial charge >= 0.3 is 0 Å². The summed E-state index contributed by atoms with van der Waals surface area (Å²) in [5.41, 5.74) is 7.35. The van der Waals surface area contributed by atoms with Crippen LogP contribution in [0.5, 0.6) is 0 Å². The van der Waals surface area contributed by atoms with Crippen molar-refractivity contribution in [1.29, 1.82) is 0 Å². The molecule has 16 heavy (non-hydrogen) atoms. The molecule has 0 radical (unpaired) electrons. The Hall–Kier alpha value is -0.960. The molecule has 0 amide bonds. The van der Waals surface area contributed by atoms with Crippen LogP contribution in [0.25, 0.3) is 0 Å². The number of halogens is 2. The third-order valence-corrected chi connectivity index (χ3v) is 3.42. The maximum absolute atomic E-state index is 13.6. The van der Waals surface area contributed by atoms with E-state index in [1.54, 1.807) is 0 Å². The molecule has 1 aromatic rings. The van der Waals surface area contributed by atoms with Gasteiger partial charge in [0.2, 0.25) is 0 Å². The Morgan fingerprint density at radius 2 is 2.00 bits per heavy atom. The first-order valence-electron chi connectivity index (χ1n) is 5.62. The van der Waals surface area contributed by atoms with Crippen molar-refractivity contribution in [2.24, 2.45) is 11.1 Å². The van der Waals surface area contributed by atoms with Gasteiger partial charge in [-0.2, -0.15) is 0 Å². The van der Waals surface area contributed by atoms with E-state index in [1.807, 2.05) is 0 Å². The first kappa shape index (κ1) is 11.5. The quantitative estimate of drug-likeness (QED) is 0.673. The first-order chi connectivity index (χ1) is 7.39. The minimum absolute atomic E-state index is 0.0847. The summed E-state index contributed by atoms with van der Waals surface area (Å²) < 4.78 is 26.8. The highest BCUT2D eigenvalue weighted by molar-refractivity contribution is 5.33. The number of hydrogen-bond donors (Lipinski definition) is 1. The van der Waals surface area contributed by atoms with Gasteiger partial charge in [0.05, 0.1) is 0 Å². The summed E-state index contributed by atoms with van der Waals surface area (Å²) in [7, 11) is 0. The molecule has 0 spiro atoms. The lowest BCUT2D eigenvalue weighted by Gasteiger charge is -2.24. The summed E-state index contributed by atoms with van der Waals surface area (Å²) in [5.74, 6) is -0.991. The molecule has 0 aromatic heterocycles. The zero-order valence-electron chi connectivity index (χ0n) is 9.69. The van der Waals surface area contributed by atoms with Crippen molar-refractivity contribution in [2.75, 3.05) is 0 Å². The smallest absolute Gasteiger partial charge is 0.129 e. The molecule has 1 aliphatic carbocycles. The Balaban J connectivity index is 2.49. The van der Waals surface area contributed by atoms with Gasteiger partial charge < -0.3 is 5.73 Å². The third kappa shape index (κ3) is 2.09. The van der Waals surface area contributed by atoms with Crippen LogP contribution in [0.4, 0.5) is 8.78 Å². The van der Waals surface area contributed by atoms with E-state index in [1.165, 1.54) is 6.07 Å². The molecule has 1 unspecified atom stereocenters. The minimum atomic E-state index is -0.536. The van der Waals surface area contributed by atoms with Crippen LogP contribution in [0.3, 0.4) is 0 Å². The van der Waals surface area contributed by atoms with Crippen molar-refractivity contribution in [2.45, 2.75) is 39.2 Å². The van der Waals surface area contributed by atoms with Crippen LogP contribution in [-0.4, -0.2) is 0 Å². The van der Waals surface area contributed by atoms with Gasteiger partial charge in [0.1, 0.15) is 11.6 Å². The summed E-state index contributed by atoms with van der Waals surface area (Å²) >= 11 is 0. The number of rotatable bonds is 0. The zero-order valence-corrected chi connectivity index (χ0v) is 9.69. The highest BCUT2D eigenvalue weighted by Gasteiger charge is 2.29. The van der Waals surface area contributed by atoms with Crippen molar-refractivity contribution in [3.8, 4) is 0 Å². The lowest BCUT2D eigenvalue weighted by Crippen LogP contribution is -2.19. The molecule has 1 aliphatic rings. The number of hydrogen-bond acceptors (Lipinski definition) is 1. The van der Waals surface area contributed by atoms with E-state index < -0.39 is 11.6 Å². The highest BCUT2D eigenvalue weighted by atomic mass is 19.1. The molecule has 0 heterocycles. The molecular formula is C13H17F2N. The third-order valence-electron chi connectivity index (χ3n) is 3.42. The van der Waals surface area contributed by atoms with Gasteiger partial charge in [-0.3, -0.25) is 0 Å². The van der Waals surface area contributed by atoms with Gasteiger partial charge in [-0.05, 0) is 41.9 Å². The molecule has 88 valence electrons. The van der Waals surface area contributed by atoms with Crippen LogP contribution in [0.2, 0.25) is 0 Å². The van der Waals surface area contributed by atoms with Gasteiger partial charge in [-0.25, -0.2) is 8.78 Å².